The third kappa shape index (κ3) is 3.43. The van der Waals surface area contributed by atoms with Crippen molar-refractivity contribution < 1.29 is 9.90 Å². The molecule has 0 saturated carbocycles. The van der Waals surface area contributed by atoms with Crippen LogP contribution < -0.4 is 5.32 Å². The minimum atomic E-state index is -0.391. The Morgan fingerprint density at radius 1 is 1.26 bits per heavy atom. The summed E-state index contributed by atoms with van der Waals surface area (Å²) in [5.41, 5.74) is 0.832. The molecule has 0 radical (unpaired) electrons. The maximum Gasteiger partial charge on any atom is 0.259 e. The molecule has 98 valence electrons. The number of nitrogens with one attached hydrogen (secondary N) is 1. The van der Waals surface area contributed by atoms with Crippen LogP contribution in [0.15, 0.2) is 47.4 Å². The number of carbonyl (C=O) groups is 1. The fourth-order valence-electron chi connectivity index (χ4n) is 1.59. The second-order valence-electron chi connectivity index (χ2n) is 3.85. The maximum atomic E-state index is 12.1. The van der Waals surface area contributed by atoms with Gasteiger partial charge in [-0.15, -0.1) is 11.8 Å². The van der Waals surface area contributed by atoms with Crippen LogP contribution in [-0.4, -0.2) is 17.3 Å². The quantitative estimate of drug-likeness (QED) is 0.840. The van der Waals surface area contributed by atoms with Crippen LogP contribution in [0.5, 0.6) is 5.75 Å². The highest BCUT2D eigenvalue weighted by Crippen LogP contribution is 2.24. The first-order chi connectivity index (χ1) is 9.10. The molecule has 19 heavy (non-hydrogen) atoms. The molecule has 0 atom stereocenters. The smallest absolute Gasteiger partial charge is 0.259 e. The van der Waals surface area contributed by atoms with Crippen molar-refractivity contribution in [3.8, 4) is 5.75 Å². The summed E-state index contributed by atoms with van der Waals surface area (Å²) in [6.07, 6.45) is 1.96. The molecule has 2 N–H and O–H groups in total. The highest BCUT2D eigenvalue weighted by atomic mass is 35.5. The van der Waals surface area contributed by atoms with E-state index < -0.39 is 5.91 Å². The van der Waals surface area contributed by atoms with Crippen molar-refractivity contribution in [2.24, 2.45) is 0 Å². The van der Waals surface area contributed by atoms with E-state index in [4.69, 9.17) is 11.6 Å². The van der Waals surface area contributed by atoms with E-state index in [-0.39, 0.29) is 11.3 Å². The lowest BCUT2D eigenvalue weighted by atomic mass is 10.2. The molecule has 2 aromatic carbocycles. The fourth-order valence-corrected chi connectivity index (χ4v) is 2.22. The van der Waals surface area contributed by atoms with Gasteiger partial charge in [-0.2, -0.15) is 0 Å². The average Bonchev–Trinajstić information content (AvgIpc) is 2.41. The SMILES string of the molecule is CSc1cccc(NC(=O)c2cc(Cl)ccc2O)c1. The summed E-state index contributed by atoms with van der Waals surface area (Å²) >= 11 is 7.41. The van der Waals surface area contributed by atoms with Crippen LogP contribution in [0.1, 0.15) is 10.4 Å². The van der Waals surface area contributed by atoms with Gasteiger partial charge in [-0.05, 0) is 42.7 Å². The number of anilines is 1. The van der Waals surface area contributed by atoms with Gasteiger partial charge in [-0.25, -0.2) is 0 Å². The first-order valence-corrected chi connectivity index (χ1v) is 7.14. The zero-order valence-electron chi connectivity index (χ0n) is 10.2. The van der Waals surface area contributed by atoms with Gasteiger partial charge in [0, 0.05) is 15.6 Å². The number of phenols is 1. The molecule has 0 bridgehead atoms. The predicted octanol–water partition coefficient (Wildman–Crippen LogP) is 4.02. The Kier molecular flexibility index (Phi) is 4.35. The third-order valence-electron chi connectivity index (χ3n) is 2.53. The highest BCUT2D eigenvalue weighted by molar-refractivity contribution is 7.98. The van der Waals surface area contributed by atoms with E-state index in [1.54, 1.807) is 17.8 Å². The number of thioether (sulfide) groups is 1. The lowest BCUT2D eigenvalue weighted by molar-refractivity contribution is 0.102. The van der Waals surface area contributed by atoms with E-state index >= 15 is 0 Å². The second-order valence-corrected chi connectivity index (χ2v) is 5.16. The predicted molar refractivity (Wildman–Crippen MR) is 79.3 cm³/mol. The summed E-state index contributed by atoms with van der Waals surface area (Å²) in [6, 6.07) is 11.8. The molecule has 0 aliphatic carbocycles. The minimum Gasteiger partial charge on any atom is -0.507 e. The van der Waals surface area contributed by atoms with Gasteiger partial charge in [0.2, 0.25) is 0 Å². The third-order valence-corrected chi connectivity index (χ3v) is 3.49. The normalized spacial score (nSPS) is 10.2. The molecule has 0 aliphatic heterocycles. The van der Waals surface area contributed by atoms with E-state index in [1.165, 1.54) is 18.2 Å². The molecule has 0 saturated heterocycles. The summed E-state index contributed by atoms with van der Waals surface area (Å²) in [6.45, 7) is 0. The number of aromatic hydroxyl groups is 1. The van der Waals surface area contributed by atoms with Crippen molar-refractivity contribution in [3.05, 3.63) is 53.1 Å². The average molecular weight is 294 g/mol. The Morgan fingerprint density at radius 3 is 2.79 bits per heavy atom. The van der Waals surface area contributed by atoms with Crippen molar-refractivity contribution in [1.29, 1.82) is 0 Å². The number of phenolic OH excluding ortho intramolecular Hbond substituents is 1. The number of rotatable bonds is 3. The van der Waals surface area contributed by atoms with Crippen LogP contribution in [-0.2, 0) is 0 Å². The maximum absolute atomic E-state index is 12.1. The van der Waals surface area contributed by atoms with Crippen molar-refractivity contribution in [3.63, 3.8) is 0 Å². The summed E-state index contributed by atoms with van der Waals surface area (Å²) in [5.74, 6) is -0.485. The molecular formula is C14H12ClNO2S. The fraction of sp³-hybridized carbons (Fsp3) is 0.0714. The summed E-state index contributed by atoms with van der Waals surface area (Å²) in [7, 11) is 0. The number of hydrogen-bond donors (Lipinski definition) is 2. The topological polar surface area (TPSA) is 49.3 Å². The lowest BCUT2D eigenvalue weighted by Gasteiger charge is -2.08. The van der Waals surface area contributed by atoms with Gasteiger partial charge in [0.1, 0.15) is 5.75 Å². The zero-order chi connectivity index (χ0) is 13.8. The van der Waals surface area contributed by atoms with E-state index in [0.717, 1.165) is 4.90 Å². The largest absolute Gasteiger partial charge is 0.507 e. The van der Waals surface area contributed by atoms with Crippen LogP contribution in [0, 0.1) is 0 Å². The molecule has 2 aromatic rings. The van der Waals surface area contributed by atoms with E-state index in [0.29, 0.717) is 10.7 Å². The van der Waals surface area contributed by atoms with Gasteiger partial charge in [0.25, 0.3) is 5.91 Å². The van der Waals surface area contributed by atoms with Crippen molar-refractivity contribution in [2.75, 3.05) is 11.6 Å². The van der Waals surface area contributed by atoms with Crippen LogP contribution >= 0.6 is 23.4 Å². The second kappa shape index (κ2) is 5.99. The van der Waals surface area contributed by atoms with E-state index in [1.807, 2.05) is 24.5 Å². The lowest BCUT2D eigenvalue weighted by Crippen LogP contribution is -2.12. The molecule has 0 unspecified atom stereocenters. The highest BCUT2D eigenvalue weighted by Gasteiger charge is 2.12. The van der Waals surface area contributed by atoms with Crippen molar-refractivity contribution in [2.45, 2.75) is 4.90 Å². The van der Waals surface area contributed by atoms with Gasteiger partial charge in [-0.1, -0.05) is 17.7 Å². The monoisotopic (exact) mass is 293 g/mol. The Balaban J connectivity index is 2.23. The Morgan fingerprint density at radius 2 is 2.05 bits per heavy atom. The first-order valence-electron chi connectivity index (χ1n) is 5.54. The number of carbonyl (C=O) groups excluding carboxylic acids is 1. The summed E-state index contributed by atoms with van der Waals surface area (Å²) in [5, 5.41) is 12.8. The molecular weight excluding hydrogens is 282 g/mol. The number of halogens is 1. The Hall–Kier alpha value is -1.65. The van der Waals surface area contributed by atoms with Crippen LogP contribution in [0.3, 0.4) is 0 Å². The van der Waals surface area contributed by atoms with Crippen LogP contribution in [0.4, 0.5) is 5.69 Å². The molecule has 0 aromatic heterocycles. The van der Waals surface area contributed by atoms with Gasteiger partial charge in [0.15, 0.2) is 0 Å². The van der Waals surface area contributed by atoms with Crippen molar-refractivity contribution in [1.82, 2.24) is 0 Å². The molecule has 2 rings (SSSR count). The minimum absolute atomic E-state index is 0.0945. The van der Waals surface area contributed by atoms with Crippen LogP contribution in [0.2, 0.25) is 5.02 Å². The van der Waals surface area contributed by atoms with Gasteiger partial charge < -0.3 is 10.4 Å². The zero-order valence-corrected chi connectivity index (χ0v) is 11.8. The Bertz CT molecular complexity index is 616. The standard InChI is InChI=1S/C14H12ClNO2S/c1-19-11-4-2-3-10(8-11)16-14(18)12-7-9(15)5-6-13(12)17/h2-8,17H,1H3,(H,16,18). The number of benzene rings is 2. The van der Waals surface area contributed by atoms with Gasteiger partial charge in [-0.3, -0.25) is 4.79 Å². The Labute approximate surface area is 120 Å². The van der Waals surface area contributed by atoms with E-state index in [9.17, 15) is 9.90 Å². The molecule has 0 fully saturated rings. The molecule has 0 spiro atoms. The molecule has 0 aliphatic rings. The van der Waals surface area contributed by atoms with Crippen molar-refractivity contribution >= 4 is 35.0 Å². The van der Waals surface area contributed by atoms with Crippen LogP contribution in [0.25, 0.3) is 0 Å². The summed E-state index contributed by atoms with van der Waals surface area (Å²) < 4.78 is 0. The molecule has 1 amide bonds. The molecule has 3 nitrogen and oxygen atoms in total. The first kappa shape index (κ1) is 13.8. The van der Waals surface area contributed by atoms with Gasteiger partial charge in [0.05, 0.1) is 5.56 Å². The number of hydrogen-bond acceptors (Lipinski definition) is 3. The molecule has 5 heteroatoms. The molecule has 0 heterocycles. The van der Waals surface area contributed by atoms with E-state index in [2.05, 4.69) is 5.32 Å². The summed E-state index contributed by atoms with van der Waals surface area (Å²) in [4.78, 5) is 13.1. The number of amides is 1. The van der Waals surface area contributed by atoms with Gasteiger partial charge >= 0.3 is 0 Å².